The highest BCUT2D eigenvalue weighted by molar-refractivity contribution is 6.30. The molecule has 1 amide bonds. The van der Waals surface area contributed by atoms with Crippen LogP contribution in [0.25, 0.3) is 0 Å². The lowest BCUT2D eigenvalue weighted by Gasteiger charge is -2.08. The molecule has 0 saturated heterocycles. The minimum Gasteiger partial charge on any atom is -0.456 e. The van der Waals surface area contributed by atoms with Crippen LogP contribution in [0.5, 0.6) is 0 Å². The molecule has 0 spiro atoms. The second kappa shape index (κ2) is 10.6. The lowest BCUT2D eigenvalue weighted by atomic mass is 9.99. The fourth-order valence-corrected chi connectivity index (χ4v) is 2.78. The second-order valence-electron chi connectivity index (χ2n) is 6.63. The summed E-state index contributed by atoms with van der Waals surface area (Å²) in [4.78, 5) is 35.8. The number of rotatable bonds is 9. The first-order valence-electron chi connectivity index (χ1n) is 9.12. The fourth-order valence-electron chi connectivity index (χ4n) is 2.65. The van der Waals surface area contributed by atoms with E-state index in [4.69, 9.17) is 16.3 Å². The van der Waals surface area contributed by atoms with Crippen LogP contribution >= 0.6 is 11.6 Å². The van der Waals surface area contributed by atoms with E-state index in [2.05, 4.69) is 5.32 Å². The van der Waals surface area contributed by atoms with Crippen LogP contribution in [0.3, 0.4) is 0 Å². The number of Topliss-reactive ketones (excluding diaryl/α,β-unsaturated/α-hetero) is 1. The molecule has 2 aromatic rings. The van der Waals surface area contributed by atoms with Gasteiger partial charge in [-0.3, -0.25) is 14.4 Å². The summed E-state index contributed by atoms with van der Waals surface area (Å²) in [5.74, 6) is -1.04. The molecule has 1 N–H and O–H groups in total. The third-order valence-corrected chi connectivity index (χ3v) is 4.51. The van der Waals surface area contributed by atoms with Crippen LogP contribution in [-0.2, 0) is 20.7 Å². The number of esters is 1. The number of aryl methyl sites for hydroxylation is 2. The largest absolute Gasteiger partial charge is 0.456 e. The zero-order valence-corrected chi connectivity index (χ0v) is 16.8. The van der Waals surface area contributed by atoms with E-state index in [1.54, 1.807) is 12.1 Å². The van der Waals surface area contributed by atoms with Crippen molar-refractivity contribution in [1.82, 2.24) is 5.32 Å². The highest BCUT2D eigenvalue weighted by Crippen LogP contribution is 2.14. The Morgan fingerprint density at radius 1 is 1.00 bits per heavy atom. The van der Waals surface area contributed by atoms with Crippen molar-refractivity contribution in [2.24, 2.45) is 0 Å². The molecular formula is C22H24ClNO4. The molecule has 28 heavy (non-hydrogen) atoms. The maximum Gasteiger partial charge on any atom is 0.306 e. The number of benzene rings is 2. The standard InChI is InChI=1S/C22H24ClNO4/c1-15-3-4-16(2)19(13-15)20(25)9-10-22(27)28-14-21(26)24-12-11-17-5-7-18(23)8-6-17/h3-8,13H,9-12,14H2,1-2H3,(H,24,26). The van der Waals surface area contributed by atoms with Crippen molar-refractivity contribution in [2.75, 3.05) is 13.2 Å². The van der Waals surface area contributed by atoms with Gasteiger partial charge in [0.2, 0.25) is 0 Å². The van der Waals surface area contributed by atoms with E-state index in [1.807, 2.05) is 44.2 Å². The second-order valence-corrected chi connectivity index (χ2v) is 7.07. The van der Waals surface area contributed by atoms with Gasteiger partial charge in [-0.05, 0) is 49.6 Å². The Morgan fingerprint density at radius 2 is 1.71 bits per heavy atom. The van der Waals surface area contributed by atoms with Gasteiger partial charge in [-0.15, -0.1) is 0 Å². The zero-order valence-electron chi connectivity index (χ0n) is 16.1. The van der Waals surface area contributed by atoms with Gasteiger partial charge >= 0.3 is 5.97 Å². The highest BCUT2D eigenvalue weighted by Gasteiger charge is 2.13. The molecule has 0 unspecified atom stereocenters. The SMILES string of the molecule is Cc1ccc(C)c(C(=O)CCC(=O)OCC(=O)NCCc2ccc(Cl)cc2)c1. The molecule has 0 fully saturated rings. The van der Waals surface area contributed by atoms with Gasteiger partial charge in [0.25, 0.3) is 5.91 Å². The molecule has 0 heterocycles. The van der Waals surface area contributed by atoms with Crippen LogP contribution in [0.15, 0.2) is 42.5 Å². The van der Waals surface area contributed by atoms with E-state index in [-0.39, 0.29) is 31.1 Å². The summed E-state index contributed by atoms with van der Waals surface area (Å²) in [5, 5.41) is 3.35. The monoisotopic (exact) mass is 401 g/mol. The number of ether oxygens (including phenoxy) is 1. The molecule has 148 valence electrons. The average Bonchev–Trinajstić information content (AvgIpc) is 2.68. The minimum atomic E-state index is -0.563. The molecule has 2 rings (SSSR count). The smallest absolute Gasteiger partial charge is 0.306 e. The molecule has 0 atom stereocenters. The predicted molar refractivity (Wildman–Crippen MR) is 109 cm³/mol. The third-order valence-electron chi connectivity index (χ3n) is 4.26. The normalized spacial score (nSPS) is 10.4. The molecule has 0 saturated carbocycles. The highest BCUT2D eigenvalue weighted by atomic mass is 35.5. The van der Waals surface area contributed by atoms with Crippen molar-refractivity contribution in [1.29, 1.82) is 0 Å². The molecule has 0 bridgehead atoms. The summed E-state index contributed by atoms with van der Waals surface area (Å²) in [5.41, 5.74) is 3.54. The number of halogens is 1. The number of ketones is 1. The Morgan fingerprint density at radius 3 is 2.43 bits per heavy atom. The summed E-state index contributed by atoms with van der Waals surface area (Å²) < 4.78 is 4.94. The summed E-state index contributed by atoms with van der Waals surface area (Å²) in [6.07, 6.45) is 0.660. The minimum absolute atomic E-state index is 0.0513. The van der Waals surface area contributed by atoms with Crippen LogP contribution in [0.2, 0.25) is 5.02 Å². The molecule has 2 aromatic carbocycles. The van der Waals surface area contributed by atoms with E-state index >= 15 is 0 Å². The van der Waals surface area contributed by atoms with E-state index in [0.29, 0.717) is 23.6 Å². The number of amides is 1. The van der Waals surface area contributed by atoms with E-state index in [9.17, 15) is 14.4 Å². The third kappa shape index (κ3) is 7.16. The number of carbonyl (C=O) groups excluding carboxylic acids is 3. The lowest BCUT2D eigenvalue weighted by Crippen LogP contribution is -2.30. The van der Waals surface area contributed by atoms with Crippen molar-refractivity contribution < 1.29 is 19.1 Å². The van der Waals surface area contributed by atoms with Gasteiger partial charge in [-0.1, -0.05) is 41.4 Å². The Hall–Kier alpha value is -2.66. The number of carbonyl (C=O) groups is 3. The van der Waals surface area contributed by atoms with Crippen molar-refractivity contribution in [3.63, 3.8) is 0 Å². The zero-order chi connectivity index (χ0) is 20.5. The van der Waals surface area contributed by atoms with Gasteiger partial charge in [0.05, 0.1) is 6.42 Å². The molecular weight excluding hydrogens is 378 g/mol. The number of hydrogen-bond acceptors (Lipinski definition) is 4. The van der Waals surface area contributed by atoms with Gasteiger partial charge in [0, 0.05) is 23.6 Å². The molecule has 0 aliphatic carbocycles. The Balaban J connectivity index is 1.66. The van der Waals surface area contributed by atoms with Gasteiger partial charge in [0.15, 0.2) is 12.4 Å². The topological polar surface area (TPSA) is 72.5 Å². The van der Waals surface area contributed by atoms with Crippen LogP contribution in [0.4, 0.5) is 0 Å². The van der Waals surface area contributed by atoms with Crippen molar-refractivity contribution in [3.05, 3.63) is 69.7 Å². The van der Waals surface area contributed by atoms with Crippen LogP contribution < -0.4 is 5.32 Å². The first kappa shape index (κ1) is 21.6. The summed E-state index contributed by atoms with van der Waals surface area (Å²) in [6, 6.07) is 13.0. The van der Waals surface area contributed by atoms with Crippen molar-refractivity contribution >= 4 is 29.3 Å². The van der Waals surface area contributed by atoms with Crippen molar-refractivity contribution in [3.8, 4) is 0 Å². The van der Waals surface area contributed by atoms with Gasteiger partial charge in [0.1, 0.15) is 0 Å². The van der Waals surface area contributed by atoms with E-state index in [0.717, 1.165) is 16.7 Å². The van der Waals surface area contributed by atoms with Crippen LogP contribution in [-0.4, -0.2) is 30.8 Å². The van der Waals surface area contributed by atoms with Gasteiger partial charge in [-0.25, -0.2) is 0 Å². The fraction of sp³-hybridized carbons (Fsp3) is 0.318. The predicted octanol–water partition coefficient (Wildman–Crippen LogP) is 3.82. The molecule has 5 nitrogen and oxygen atoms in total. The summed E-state index contributed by atoms with van der Waals surface area (Å²) >= 11 is 5.82. The number of nitrogens with one attached hydrogen (secondary N) is 1. The van der Waals surface area contributed by atoms with Crippen LogP contribution in [0, 0.1) is 13.8 Å². The maximum absolute atomic E-state index is 12.3. The molecule has 0 aliphatic rings. The van der Waals surface area contributed by atoms with E-state index < -0.39 is 5.97 Å². The molecule has 0 aliphatic heterocycles. The quantitative estimate of drug-likeness (QED) is 0.512. The average molecular weight is 402 g/mol. The van der Waals surface area contributed by atoms with Gasteiger partial charge in [-0.2, -0.15) is 0 Å². The Bertz CT molecular complexity index is 846. The molecule has 0 radical (unpaired) electrons. The Kier molecular flexibility index (Phi) is 8.20. The molecule has 6 heteroatoms. The van der Waals surface area contributed by atoms with E-state index in [1.165, 1.54) is 0 Å². The van der Waals surface area contributed by atoms with Gasteiger partial charge < -0.3 is 10.1 Å². The maximum atomic E-state index is 12.3. The lowest BCUT2D eigenvalue weighted by molar-refractivity contribution is -0.148. The Labute approximate surface area is 170 Å². The summed E-state index contributed by atoms with van der Waals surface area (Å²) in [6.45, 7) is 3.86. The number of hydrogen-bond donors (Lipinski definition) is 1. The summed E-state index contributed by atoms with van der Waals surface area (Å²) in [7, 11) is 0. The van der Waals surface area contributed by atoms with Crippen molar-refractivity contribution in [2.45, 2.75) is 33.1 Å². The molecule has 0 aromatic heterocycles. The first-order valence-corrected chi connectivity index (χ1v) is 9.50. The first-order chi connectivity index (χ1) is 13.3. The van der Waals surface area contributed by atoms with Crippen LogP contribution in [0.1, 0.15) is 39.9 Å².